The van der Waals surface area contributed by atoms with E-state index in [-0.39, 0.29) is 23.5 Å². The van der Waals surface area contributed by atoms with Crippen LogP contribution in [0.2, 0.25) is 0 Å². The highest BCUT2D eigenvalue weighted by molar-refractivity contribution is 6.35. The molecule has 0 saturated heterocycles. The third kappa shape index (κ3) is 3.76. The summed E-state index contributed by atoms with van der Waals surface area (Å²) in [5.74, 6) is -0.615. The Hall–Kier alpha value is -4.27. The molecule has 0 radical (unpaired) electrons. The normalized spacial score (nSPS) is 14.7. The van der Waals surface area contributed by atoms with Gasteiger partial charge in [0.25, 0.3) is 17.5 Å². The van der Waals surface area contributed by atoms with Crippen molar-refractivity contribution in [3.8, 4) is 0 Å². The first-order valence-corrected chi connectivity index (χ1v) is 9.98. The van der Waals surface area contributed by atoms with Gasteiger partial charge < -0.3 is 15.6 Å². The first-order chi connectivity index (χ1) is 15.3. The fraction of sp³-hybridized carbons (Fsp3) is 0.174. The molecule has 1 aliphatic rings. The van der Waals surface area contributed by atoms with Crippen molar-refractivity contribution in [3.05, 3.63) is 86.5 Å². The molecule has 3 N–H and O–H groups in total. The Morgan fingerprint density at radius 1 is 1.22 bits per heavy atom. The van der Waals surface area contributed by atoms with E-state index in [1.807, 2.05) is 19.1 Å². The lowest BCUT2D eigenvalue weighted by Gasteiger charge is -2.14. The minimum atomic E-state index is -0.446. The second-order valence-electron chi connectivity index (χ2n) is 7.64. The molecule has 3 heterocycles. The van der Waals surface area contributed by atoms with Crippen LogP contribution < -0.4 is 10.6 Å². The van der Waals surface area contributed by atoms with Gasteiger partial charge in [-0.1, -0.05) is 0 Å². The number of rotatable bonds is 5. The number of nitrogens with one attached hydrogen (secondary N) is 3. The van der Waals surface area contributed by atoms with Crippen molar-refractivity contribution < 1.29 is 14.5 Å². The van der Waals surface area contributed by atoms with Gasteiger partial charge in [0, 0.05) is 34.9 Å². The van der Waals surface area contributed by atoms with Crippen LogP contribution in [0.3, 0.4) is 0 Å². The molecule has 1 atom stereocenters. The number of amides is 2. The van der Waals surface area contributed by atoms with E-state index in [2.05, 4.69) is 20.6 Å². The van der Waals surface area contributed by atoms with E-state index in [0.29, 0.717) is 39.3 Å². The lowest BCUT2D eigenvalue weighted by atomic mass is 10.0. The fourth-order valence-corrected chi connectivity index (χ4v) is 3.81. The molecule has 0 saturated carbocycles. The standard InChI is InChI=1S/C23H21N5O4/c1-12-20(25-14(3)21(12)28(31)32)11-18-17-10-16(4-5-19(17)27-23(18)30)22(29)26-13(2)15-6-8-24-9-7-15/h4-11,13,25H,1-3H3,(H,26,29)(H,27,30)/b18-11-/t13-/m1/s1. The van der Waals surface area contributed by atoms with Crippen LogP contribution in [0.4, 0.5) is 11.4 Å². The number of H-pyrrole nitrogens is 1. The zero-order chi connectivity index (χ0) is 23.0. The number of aryl methyl sites for hydroxylation is 1. The number of aromatic nitrogens is 2. The van der Waals surface area contributed by atoms with Crippen molar-refractivity contribution in [1.82, 2.24) is 15.3 Å². The topological polar surface area (TPSA) is 130 Å². The Balaban J connectivity index is 1.66. The lowest BCUT2D eigenvalue weighted by Crippen LogP contribution is -2.26. The van der Waals surface area contributed by atoms with Crippen molar-refractivity contribution in [3.63, 3.8) is 0 Å². The quantitative estimate of drug-likeness (QED) is 0.320. The Bertz CT molecular complexity index is 1280. The van der Waals surface area contributed by atoms with Crippen LogP contribution >= 0.6 is 0 Å². The summed E-state index contributed by atoms with van der Waals surface area (Å²) in [7, 11) is 0. The molecule has 9 heteroatoms. The summed E-state index contributed by atoms with van der Waals surface area (Å²) in [5, 5.41) is 17.0. The molecule has 1 aliphatic heterocycles. The molecule has 32 heavy (non-hydrogen) atoms. The summed E-state index contributed by atoms with van der Waals surface area (Å²) >= 11 is 0. The maximum atomic E-state index is 12.8. The largest absolute Gasteiger partial charge is 0.353 e. The molecular weight excluding hydrogens is 410 g/mol. The monoisotopic (exact) mass is 431 g/mol. The molecule has 2 aromatic heterocycles. The number of nitrogens with zero attached hydrogens (tertiary/aromatic N) is 2. The first kappa shape index (κ1) is 21.0. The molecule has 4 rings (SSSR count). The van der Waals surface area contributed by atoms with Crippen LogP contribution in [0.5, 0.6) is 0 Å². The van der Waals surface area contributed by atoms with Crippen molar-refractivity contribution in [2.75, 3.05) is 5.32 Å². The minimum Gasteiger partial charge on any atom is -0.353 e. The van der Waals surface area contributed by atoms with Gasteiger partial charge in [0.15, 0.2) is 0 Å². The molecule has 9 nitrogen and oxygen atoms in total. The summed E-state index contributed by atoms with van der Waals surface area (Å²) in [6, 6.07) is 8.40. The summed E-state index contributed by atoms with van der Waals surface area (Å²) in [5.41, 5.74) is 4.13. The van der Waals surface area contributed by atoms with Gasteiger partial charge in [-0.2, -0.15) is 0 Å². The Morgan fingerprint density at radius 3 is 2.59 bits per heavy atom. The second-order valence-corrected chi connectivity index (χ2v) is 7.64. The predicted molar refractivity (Wildman–Crippen MR) is 120 cm³/mol. The third-order valence-corrected chi connectivity index (χ3v) is 5.53. The van der Waals surface area contributed by atoms with Gasteiger partial charge in [-0.15, -0.1) is 0 Å². The van der Waals surface area contributed by atoms with Crippen LogP contribution in [0, 0.1) is 24.0 Å². The van der Waals surface area contributed by atoms with Gasteiger partial charge in [-0.3, -0.25) is 24.7 Å². The number of benzene rings is 1. The van der Waals surface area contributed by atoms with Crippen molar-refractivity contribution in [2.45, 2.75) is 26.8 Å². The predicted octanol–water partition coefficient (Wildman–Crippen LogP) is 3.92. The number of fused-ring (bicyclic) bond motifs is 1. The molecule has 0 spiro atoms. The summed E-state index contributed by atoms with van der Waals surface area (Å²) in [6.07, 6.45) is 4.91. The SMILES string of the molecule is Cc1[nH]c(/C=C2\C(=O)Nc3ccc(C(=O)N[C@H](C)c4ccncc4)cc32)c(C)c1[N+](=O)[O-]. The Kier molecular flexibility index (Phi) is 5.31. The van der Waals surface area contributed by atoms with E-state index in [0.717, 1.165) is 5.56 Å². The average Bonchev–Trinajstić information content (AvgIpc) is 3.23. The number of hydrogen-bond donors (Lipinski definition) is 3. The van der Waals surface area contributed by atoms with Gasteiger partial charge in [0.05, 0.1) is 27.8 Å². The number of nitro groups is 1. The van der Waals surface area contributed by atoms with Gasteiger partial charge in [0.2, 0.25) is 0 Å². The Labute approximate surface area is 183 Å². The number of pyridine rings is 1. The minimum absolute atomic E-state index is 0.00583. The maximum absolute atomic E-state index is 12.8. The molecule has 2 amide bonds. The molecule has 0 aliphatic carbocycles. The van der Waals surface area contributed by atoms with Gasteiger partial charge in [0.1, 0.15) is 0 Å². The van der Waals surface area contributed by atoms with Gasteiger partial charge in [-0.25, -0.2) is 0 Å². The molecule has 3 aromatic rings. The summed E-state index contributed by atoms with van der Waals surface area (Å²) < 4.78 is 0. The summed E-state index contributed by atoms with van der Waals surface area (Å²) in [6.45, 7) is 5.12. The fourth-order valence-electron chi connectivity index (χ4n) is 3.81. The number of carbonyl (C=O) groups excluding carboxylic acids is 2. The highest BCUT2D eigenvalue weighted by Gasteiger charge is 2.27. The van der Waals surface area contributed by atoms with Crippen LogP contribution in [0.15, 0.2) is 42.7 Å². The number of anilines is 1. The van der Waals surface area contributed by atoms with Gasteiger partial charge >= 0.3 is 0 Å². The molecule has 0 unspecified atom stereocenters. The number of aromatic amines is 1. The molecule has 162 valence electrons. The lowest BCUT2D eigenvalue weighted by molar-refractivity contribution is -0.385. The van der Waals surface area contributed by atoms with Crippen LogP contribution in [0.25, 0.3) is 11.6 Å². The van der Waals surface area contributed by atoms with E-state index in [1.54, 1.807) is 50.5 Å². The van der Waals surface area contributed by atoms with E-state index in [1.165, 1.54) is 0 Å². The number of carbonyl (C=O) groups is 2. The van der Waals surface area contributed by atoms with Crippen LogP contribution in [-0.4, -0.2) is 26.7 Å². The van der Waals surface area contributed by atoms with Crippen LogP contribution in [0.1, 0.15) is 51.4 Å². The summed E-state index contributed by atoms with van der Waals surface area (Å²) in [4.78, 5) is 43.2. The maximum Gasteiger partial charge on any atom is 0.293 e. The van der Waals surface area contributed by atoms with E-state index in [9.17, 15) is 19.7 Å². The van der Waals surface area contributed by atoms with Crippen molar-refractivity contribution in [1.29, 1.82) is 0 Å². The van der Waals surface area contributed by atoms with Crippen molar-refractivity contribution >= 4 is 34.8 Å². The molecular formula is C23H21N5O4. The molecule has 0 bridgehead atoms. The molecule has 1 aromatic carbocycles. The third-order valence-electron chi connectivity index (χ3n) is 5.53. The highest BCUT2D eigenvalue weighted by Crippen LogP contribution is 2.35. The van der Waals surface area contributed by atoms with Crippen molar-refractivity contribution in [2.24, 2.45) is 0 Å². The zero-order valence-corrected chi connectivity index (χ0v) is 17.7. The van der Waals surface area contributed by atoms with Gasteiger partial charge in [-0.05, 0) is 62.7 Å². The van der Waals surface area contributed by atoms with Crippen LogP contribution in [-0.2, 0) is 4.79 Å². The highest BCUT2D eigenvalue weighted by atomic mass is 16.6. The smallest absolute Gasteiger partial charge is 0.293 e. The van der Waals surface area contributed by atoms with E-state index < -0.39 is 4.92 Å². The second kappa shape index (κ2) is 8.10. The average molecular weight is 431 g/mol. The Morgan fingerprint density at radius 2 is 1.94 bits per heavy atom. The first-order valence-electron chi connectivity index (χ1n) is 9.98. The van der Waals surface area contributed by atoms with E-state index >= 15 is 0 Å². The molecule has 0 fully saturated rings. The van der Waals surface area contributed by atoms with E-state index in [4.69, 9.17) is 0 Å². The zero-order valence-electron chi connectivity index (χ0n) is 17.7. The number of hydrogen-bond acceptors (Lipinski definition) is 5.